The van der Waals surface area contributed by atoms with E-state index in [2.05, 4.69) is 22.3 Å². The summed E-state index contributed by atoms with van der Waals surface area (Å²) in [6.45, 7) is 4.55. The minimum atomic E-state index is -1.23. The van der Waals surface area contributed by atoms with Gasteiger partial charge in [-0.2, -0.15) is 0 Å². The Kier molecular flexibility index (Phi) is 15.9. The molecule has 0 aliphatic rings. The molecule has 0 fully saturated rings. The molecule has 0 spiro atoms. The number of methoxy groups -OCH3 is 2. The molecule has 32 heavy (non-hydrogen) atoms. The molecule has 180 valence electrons. The fourth-order valence-electron chi connectivity index (χ4n) is 2.48. The number of hydrogen-bond donors (Lipinski definition) is 2. The van der Waals surface area contributed by atoms with Crippen LogP contribution >= 0.6 is 0 Å². The zero-order valence-corrected chi connectivity index (χ0v) is 19.7. The highest BCUT2D eigenvalue weighted by molar-refractivity contribution is 5.99. The van der Waals surface area contributed by atoms with Gasteiger partial charge < -0.3 is 24.8 Å². The maximum atomic E-state index is 12.6. The van der Waals surface area contributed by atoms with Crippen molar-refractivity contribution in [2.24, 2.45) is 0 Å². The van der Waals surface area contributed by atoms with E-state index in [1.165, 1.54) is 39.7 Å². The number of hydrogen-bond acceptors (Lipinski definition) is 7. The summed E-state index contributed by atoms with van der Waals surface area (Å²) < 4.78 is 14.2. The van der Waals surface area contributed by atoms with Crippen LogP contribution in [0.3, 0.4) is 0 Å². The maximum absolute atomic E-state index is 12.6. The van der Waals surface area contributed by atoms with Crippen LogP contribution in [0.15, 0.2) is 35.8 Å². The van der Waals surface area contributed by atoms with Gasteiger partial charge >= 0.3 is 11.9 Å². The van der Waals surface area contributed by atoms with Crippen LogP contribution in [0, 0.1) is 0 Å². The summed E-state index contributed by atoms with van der Waals surface area (Å²) in [4.78, 5) is 47.9. The highest BCUT2D eigenvalue weighted by Gasteiger charge is 2.25. The number of unbranched alkanes of at least 4 members (excludes halogenated alkanes) is 5. The number of nitrogens with one attached hydrogen (secondary N) is 2. The molecule has 0 heterocycles. The molecule has 0 bridgehead atoms. The Bertz CT molecular complexity index is 711. The first-order chi connectivity index (χ1) is 15.3. The molecule has 0 rings (SSSR count). The van der Waals surface area contributed by atoms with Gasteiger partial charge in [0.1, 0.15) is 18.9 Å². The third kappa shape index (κ3) is 13.3. The van der Waals surface area contributed by atoms with E-state index in [1.807, 2.05) is 6.08 Å². The third-order valence-corrected chi connectivity index (χ3v) is 4.29. The molecule has 0 aromatic rings. The maximum Gasteiger partial charge on any atom is 0.357 e. The molecular weight excluding hydrogens is 416 g/mol. The lowest BCUT2D eigenvalue weighted by atomic mass is 10.1. The Morgan fingerprint density at radius 3 is 2.28 bits per heavy atom. The minimum Gasteiger partial charge on any atom is -0.502 e. The van der Waals surface area contributed by atoms with E-state index in [0.29, 0.717) is 5.57 Å². The standard InChI is InChI=1S/C23H36N2O7/c1-6-7-8-9-10-11-12-13-14-17(2)21(27)24-19(16-32-18(3)26)22(28)25-20(15-30-4)23(29)31-5/h12-15,19H,6-11,16H2,1-5H3,(H,24,27)(H,25,28)/b13-12+,17-14+,20-15-. The van der Waals surface area contributed by atoms with Crippen molar-refractivity contribution in [3.8, 4) is 0 Å². The Balaban J connectivity index is 5.02. The van der Waals surface area contributed by atoms with Gasteiger partial charge in [0.05, 0.1) is 14.2 Å². The van der Waals surface area contributed by atoms with Gasteiger partial charge in [-0.15, -0.1) is 0 Å². The molecule has 2 amide bonds. The first-order valence-corrected chi connectivity index (χ1v) is 10.7. The van der Waals surface area contributed by atoms with Crippen molar-refractivity contribution < 1.29 is 33.4 Å². The molecule has 0 aliphatic carbocycles. The number of carbonyl (C=O) groups is 4. The molecule has 9 heteroatoms. The summed E-state index contributed by atoms with van der Waals surface area (Å²) in [5.41, 5.74) is 0.102. The predicted octanol–water partition coefficient (Wildman–Crippen LogP) is 2.67. The highest BCUT2D eigenvalue weighted by atomic mass is 16.5. The number of allylic oxidation sites excluding steroid dienone is 3. The average molecular weight is 453 g/mol. The van der Waals surface area contributed by atoms with Gasteiger partial charge in [-0.1, -0.05) is 50.8 Å². The smallest absolute Gasteiger partial charge is 0.357 e. The topological polar surface area (TPSA) is 120 Å². The average Bonchev–Trinajstić information content (AvgIpc) is 2.76. The summed E-state index contributed by atoms with van der Waals surface area (Å²) in [6.07, 6.45) is 13.3. The summed E-state index contributed by atoms with van der Waals surface area (Å²) in [5, 5.41) is 4.80. The van der Waals surface area contributed by atoms with Crippen molar-refractivity contribution in [1.29, 1.82) is 0 Å². The van der Waals surface area contributed by atoms with Gasteiger partial charge in [-0.3, -0.25) is 14.4 Å². The van der Waals surface area contributed by atoms with Crippen LogP contribution in [0.25, 0.3) is 0 Å². The van der Waals surface area contributed by atoms with E-state index in [1.54, 1.807) is 19.1 Å². The van der Waals surface area contributed by atoms with E-state index < -0.39 is 36.4 Å². The van der Waals surface area contributed by atoms with Crippen molar-refractivity contribution in [3.63, 3.8) is 0 Å². The van der Waals surface area contributed by atoms with E-state index in [4.69, 9.17) is 9.47 Å². The normalized spacial score (nSPS) is 12.8. The summed E-state index contributed by atoms with van der Waals surface area (Å²) in [5.74, 6) is -2.75. The van der Waals surface area contributed by atoms with Crippen LogP contribution < -0.4 is 10.6 Å². The molecule has 0 saturated carbocycles. The van der Waals surface area contributed by atoms with E-state index in [-0.39, 0.29) is 5.70 Å². The zero-order valence-electron chi connectivity index (χ0n) is 19.7. The van der Waals surface area contributed by atoms with Gasteiger partial charge in [-0.05, 0) is 19.8 Å². The first kappa shape index (κ1) is 28.9. The van der Waals surface area contributed by atoms with Gasteiger partial charge in [0.2, 0.25) is 5.91 Å². The monoisotopic (exact) mass is 452 g/mol. The van der Waals surface area contributed by atoms with Crippen LogP contribution in [0.1, 0.15) is 59.3 Å². The predicted molar refractivity (Wildman–Crippen MR) is 120 cm³/mol. The van der Waals surface area contributed by atoms with Crippen LogP contribution in [0.2, 0.25) is 0 Å². The van der Waals surface area contributed by atoms with Gasteiger partial charge in [0, 0.05) is 12.5 Å². The molecular formula is C23H36N2O7. The van der Waals surface area contributed by atoms with E-state index >= 15 is 0 Å². The quantitative estimate of drug-likeness (QED) is 0.129. The highest BCUT2D eigenvalue weighted by Crippen LogP contribution is 2.06. The van der Waals surface area contributed by atoms with Crippen LogP contribution in [0.4, 0.5) is 0 Å². The second-order valence-corrected chi connectivity index (χ2v) is 7.06. The summed E-state index contributed by atoms with van der Waals surface area (Å²) >= 11 is 0. The van der Waals surface area contributed by atoms with Crippen LogP contribution in [-0.2, 0) is 33.4 Å². The molecule has 0 saturated heterocycles. The van der Waals surface area contributed by atoms with Crippen molar-refractivity contribution in [2.75, 3.05) is 20.8 Å². The number of ether oxygens (including phenoxy) is 3. The zero-order chi connectivity index (χ0) is 24.4. The molecule has 0 aliphatic heterocycles. The van der Waals surface area contributed by atoms with Gasteiger partial charge in [0.25, 0.3) is 5.91 Å². The number of rotatable bonds is 15. The Morgan fingerprint density at radius 1 is 1.00 bits per heavy atom. The van der Waals surface area contributed by atoms with Gasteiger partial charge in [0.15, 0.2) is 5.70 Å². The van der Waals surface area contributed by atoms with Crippen molar-refractivity contribution in [2.45, 2.75) is 65.3 Å². The number of amides is 2. The fourth-order valence-corrected chi connectivity index (χ4v) is 2.48. The van der Waals surface area contributed by atoms with Crippen LogP contribution in [-0.4, -0.2) is 50.6 Å². The van der Waals surface area contributed by atoms with Crippen molar-refractivity contribution in [3.05, 3.63) is 35.8 Å². The van der Waals surface area contributed by atoms with E-state index in [0.717, 1.165) is 26.2 Å². The largest absolute Gasteiger partial charge is 0.502 e. The first-order valence-electron chi connectivity index (χ1n) is 10.7. The molecule has 0 aromatic heterocycles. The lowest BCUT2D eigenvalue weighted by Gasteiger charge is -2.18. The number of esters is 2. The molecule has 0 aromatic carbocycles. The molecule has 2 N–H and O–H groups in total. The summed E-state index contributed by atoms with van der Waals surface area (Å²) in [7, 11) is 2.43. The number of carbonyl (C=O) groups excluding carboxylic acids is 4. The lowest BCUT2D eigenvalue weighted by Crippen LogP contribution is -2.50. The fraction of sp³-hybridized carbons (Fsp3) is 0.565. The van der Waals surface area contributed by atoms with Crippen molar-refractivity contribution in [1.82, 2.24) is 10.6 Å². The second-order valence-electron chi connectivity index (χ2n) is 7.06. The molecule has 1 unspecified atom stereocenters. The van der Waals surface area contributed by atoms with Gasteiger partial charge in [-0.25, -0.2) is 4.79 Å². The second kappa shape index (κ2) is 17.6. The van der Waals surface area contributed by atoms with Crippen LogP contribution in [0.5, 0.6) is 0 Å². The third-order valence-electron chi connectivity index (χ3n) is 4.29. The molecule has 1 atom stereocenters. The summed E-state index contributed by atoms with van der Waals surface area (Å²) in [6, 6.07) is -1.23. The Hall–Kier alpha value is -3.10. The van der Waals surface area contributed by atoms with E-state index in [9.17, 15) is 19.2 Å². The molecule has 9 nitrogen and oxygen atoms in total. The minimum absolute atomic E-state index is 0.267. The van der Waals surface area contributed by atoms with Crippen molar-refractivity contribution >= 4 is 23.8 Å². The Labute approximate surface area is 190 Å². The Morgan fingerprint density at radius 2 is 1.69 bits per heavy atom. The SMILES string of the molecule is CCCCCCC/C=C/C=C(\C)C(=O)NC(COC(C)=O)C(=O)N/C(=C\OC)C(=O)OC. The lowest BCUT2D eigenvalue weighted by molar-refractivity contribution is -0.144. The molecule has 0 radical (unpaired) electrons.